The smallest absolute Gasteiger partial charge is 0.120 e. The highest BCUT2D eigenvalue weighted by molar-refractivity contribution is 6.14. The molecule has 1 aromatic heterocycles. The van der Waals surface area contributed by atoms with E-state index in [9.17, 15) is 5.11 Å². The summed E-state index contributed by atoms with van der Waals surface area (Å²) >= 11 is 0. The van der Waals surface area contributed by atoms with Crippen molar-refractivity contribution in [2.75, 3.05) is 0 Å². The van der Waals surface area contributed by atoms with Gasteiger partial charge in [-0.1, -0.05) is 61.0 Å². The second-order valence-electron chi connectivity index (χ2n) is 8.48. The van der Waals surface area contributed by atoms with Crippen LogP contribution in [-0.4, -0.2) is 17.9 Å². The molecule has 2 nitrogen and oxygen atoms in total. The van der Waals surface area contributed by atoms with Gasteiger partial charge in [-0.3, -0.25) is 4.98 Å². The van der Waals surface area contributed by atoms with Crippen LogP contribution in [0.25, 0.3) is 22.4 Å². The lowest BCUT2D eigenvalue weighted by Crippen LogP contribution is -2.38. The third-order valence-corrected chi connectivity index (χ3v) is 6.81. The Balaban J connectivity index is 1.41. The average molecular weight is 365 g/mol. The van der Waals surface area contributed by atoms with Crippen LogP contribution in [0.3, 0.4) is 0 Å². The molecule has 2 aromatic carbocycles. The zero-order valence-corrected chi connectivity index (χ0v) is 16.0. The fourth-order valence-corrected chi connectivity index (χ4v) is 5.30. The predicted octanol–water partition coefficient (Wildman–Crippen LogP) is 5.17. The van der Waals surface area contributed by atoms with Crippen molar-refractivity contribution in [1.29, 1.82) is 0 Å². The van der Waals surface area contributed by atoms with E-state index in [2.05, 4.69) is 35.3 Å². The van der Waals surface area contributed by atoms with E-state index in [1.807, 2.05) is 42.6 Å². The van der Waals surface area contributed by atoms with Gasteiger partial charge in [0.1, 0.15) is 7.85 Å². The van der Waals surface area contributed by atoms with Crippen LogP contribution in [-0.2, 0) is 5.50 Å². The lowest BCUT2D eigenvalue weighted by atomic mass is 9.62. The molecule has 0 saturated heterocycles. The zero-order valence-electron chi connectivity index (χ0n) is 16.0. The number of hydrogen-bond donors (Lipinski definition) is 1. The molecule has 1 heterocycles. The molecular formula is C25H24BNO. The van der Waals surface area contributed by atoms with E-state index in [-0.39, 0.29) is 5.92 Å². The Labute approximate surface area is 168 Å². The first-order valence-corrected chi connectivity index (χ1v) is 10.2. The van der Waals surface area contributed by atoms with Crippen molar-refractivity contribution < 1.29 is 5.11 Å². The Kier molecular flexibility index (Phi) is 4.36. The summed E-state index contributed by atoms with van der Waals surface area (Å²) in [5.74, 6) is 1.52. The number of fused-ring (bicyclic) bond motifs is 2. The summed E-state index contributed by atoms with van der Waals surface area (Å²) in [6, 6.07) is 22.4. The van der Waals surface area contributed by atoms with Gasteiger partial charge in [-0.2, -0.15) is 0 Å². The third kappa shape index (κ3) is 3.08. The maximum Gasteiger partial charge on any atom is 0.120 e. The molecule has 2 aliphatic carbocycles. The van der Waals surface area contributed by atoms with Gasteiger partial charge in [-0.15, -0.1) is 0 Å². The largest absolute Gasteiger partial charge is 0.395 e. The molecule has 0 aliphatic heterocycles. The first-order valence-electron chi connectivity index (χ1n) is 10.2. The quantitative estimate of drug-likeness (QED) is 0.648. The molecular weight excluding hydrogens is 341 g/mol. The summed E-state index contributed by atoms with van der Waals surface area (Å²) in [6.45, 7) is 0. The van der Waals surface area contributed by atoms with E-state index < -0.39 is 5.50 Å². The second kappa shape index (κ2) is 6.90. The molecule has 2 saturated carbocycles. The molecule has 1 N–H and O–H groups in total. The SMILES string of the molecule is [B]C(O)(c1ccc(-c2ccnc(-c3ccccc3)c2)cc1)C1CC2CCC1C2. The number of benzene rings is 2. The molecule has 2 aliphatic rings. The number of aliphatic hydroxyl groups is 1. The van der Waals surface area contributed by atoms with Gasteiger partial charge in [-0.05, 0) is 65.8 Å². The minimum Gasteiger partial charge on any atom is -0.395 e. The normalized spacial score (nSPS) is 25.5. The van der Waals surface area contributed by atoms with Gasteiger partial charge in [0, 0.05) is 11.8 Å². The molecule has 3 aromatic rings. The summed E-state index contributed by atoms with van der Waals surface area (Å²) < 4.78 is 0. The summed E-state index contributed by atoms with van der Waals surface area (Å²) in [7, 11) is 6.46. The van der Waals surface area contributed by atoms with Crippen molar-refractivity contribution in [2.45, 2.75) is 31.2 Å². The van der Waals surface area contributed by atoms with Crippen LogP contribution < -0.4 is 0 Å². The molecule has 0 amide bonds. The van der Waals surface area contributed by atoms with Crippen LogP contribution in [0.2, 0.25) is 0 Å². The van der Waals surface area contributed by atoms with Crippen LogP contribution in [0.4, 0.5) is 0 Å². The summed E-state index contributed by atoms with van der Waals surface area (Å²) in [5, 5.41) is 11.1. The van der Waals surface area contributed by atoms with Crippen LogP contribution in [0.1, 0.15) is 31.2 Å². The standard InChI is InChI=1S/C25H24BNO/c26-25(28,23-15-17-6-7-21(23)14-17)22-10-8-18(9-11-22)20-12-13-27-24(16-20)19-4-2-1-3-5-19/h1-5,8-13,16-17,21,23,28H,6-7,14-15H2. The van der Waals surface area contributed by atoms with Crippen molar-refractivity contribution >= 4 is 7.85 Å². The van der Waals surface area contributed by atoms with Crippen molar-refractivity contribution in [3.8, 4) is 22.4 Å². The van der Waals surface area contributed by atoms with Crippen molar-refractivity contribution in [3.05, 3.63) is 78.5 Å². The van der Waals surface area contributed by atoms with Gasteiger partial charge in [0.15, 0.2) is 0 Å². The fraction of sp³-hybridized carbons (Fsp3) is 0.320. The number of pyridine rings is 1. The Morgan fingerprint density at radius 1 is 0.857 bits per heavy atom. The maximum atomic E-state index is 11.1. The van der Waals surface area contributed by atoms with Gasteiger partial charge < -0.3 is 5.11 Å². The predicted molar refractivity (Wildman–Crippen MR) is 114 cm³/mol. The van der Waals surface area contributed by atoms with Crippen LogP contribution in [0.5, 0.6) is 0 Å². The zero-order chi connectivity index (χ0) is 19.1. The van der Waals surface area contributed by atoms with E-state index in [1.54, 1.807) is 0 Å². The maximum absolute atomic E-state index is 11.1. The Morgan fingerprint density at radius 2 is 1.64 bits per heavy atom. The summed E-state index contributed by atoms with van der Waals surface area (Å²) in [5.41, 5.74) is 3.87. The van der Waals surface area contributed by atoms with Gasteiger partial charge in [0.25, 0.3) is 0 Å². The first kappa shape index (κ1) is 17.7. The van der Waals surface area contributed by atoms with Gasteiger partial charge in [0.05, 0.1) is 11.2 Å². The molecule has 28 heavy (non-hydrogen) atoms. The Morgan fingerprint density at radius 3 is 2.32 bits per heavy atom. The van der Waals surface area contributed by atoms with Crippen molar-refractivity contribution in [2.24, 2.45) is 17.8 Å². The third-order valence-electron chi connectivity index (χ3n) is 6.81. The summed E-state index contributed by atoms with van der Waals surface area (Å²) in [6.07, 6.45) is 6.67. The monoisotopic (exact) mass is 365 g/mol. The first-order chi connectivity index (χ1) is 13.6. The van der Waals surface area contributed by atoms with E-state index in [4.69, 9.17) is 7.85 Å². The molecule has 2 radical (unpaired) electrons. The lowest BCUT2D eigenvalue weighted by Gasteiger charge is -2.37. The highest BCUT2D eigenvalue weighted by Gasteiger charge is 2.47. The number of hydrogen-bond acceptors (Lipinski definition) is 2. The van der Waals surface area contributed by atoms with Crippen LogP contribution in [0, 0.1) is 17.8 Å². The Hall–Kier alpha value is -2.39. The van der Waals surface area contributed by atoms with Crippen molar-refractivity contribution in [3.63, 3.8) is 0 Å². The van der Waals surface area contributed by atoms with E-state index in [0.29, 0.717) is 5.92 Å². The van der Waals surface area contributed by atoms with Gasteiger partial charge >= 0.3 is 0 Å². The molecule has 0 spiro atoms. The minimum atomic E-state index is -1.23. The number of aromatic nitrogens is 1. The second-order valence-corrected chi connectivity index (χ2v) is 8.48. The molecule has 138 valence electrons. The Bertz CT molecular complexity index is 967. The molecule has 3 heteroatoms. The highest BCUT2D eigenvalue weighted by atomic mass is 16.3. The van der Waals surface area contributed by atoms with E-state index >= 15 is 0 Å². The fourth-order valence-electron chi connectivity index (χ4n) is 5.30. The minimum absolute atomic E-state index is 0.183. The molecule has 4 atom stereocenters. The van der Waals surface area contributed by atoms with Gasteiger partial charge in [0.2, 0.25) is 0 Å². The van der Waals surface area contributed by atoms with Crippen molar-refractivity contribution in [1.82, 2.24) is 4.98 Å². The highest BCUT2D eigenvalue weighted by Crippen LogP contribution is 2.53. The van der Waals surface area contributed by atoms with E-state index in [1.165, 1.54) is 19.3 Å². The van der Waals surface area contributed by atoms with E-state index in [0.717, 1.165) is 40.3 Å². The van der Waals surface area contributed by atoms with Crippen LogP contribution >= 0.6 is 0 Å². The van der Waals surface area contributed by atoms with Gasteiger partial charge in [-0.25, -0.2) is 0 Å². The molecule has 5 rings (SSSR count). The molecule has 4 unspecified atom stereocenters. The molecule has 2 fully saturated rings. The van der Waals surface area contributed by atoms with Crippen LogP contribution in [0.15, 0.2) is 72.9 Å². The lowest BCUT2D eigenvalue weighted by molar-refractivity contribution is 0.0305. The number of nitrogens with zero attached hydrogens (tertiary/aromatic N) is 1. The molecule has 2 bridgehead atoms. The summed E-state index contributed by atoms with van der Waals surface area (Å²) in [4.78, 5) is 4.51. The average Bonchev–Trinajstić information content (AvgIpc) is 3.39. The topological polar surface area (TPSA) is 33.1 Å². The number of rotatable bonds is 4.